The van der Waals surface area contributed by atoms with Gasteiger partial charge in [-0.05, 0) is 167 Å². The van der Waals surface area contributed by atoms with Crippen LogP contribution in [0.4, 0.5) is 18.0 Å². The Labute approximate surface area is 299 Å². The molecular weight excluding hydrogens is 720 g/mol. The van der Waals surface area contributed by atoms with Gasteiger partial charge in [0.15, 0.2) is 22.2 Å². The molecule has 0 radical (unpaired) electrons. The lowest BCUT2D eigenvalue weighted by atomic mass is 9.80. The fraction of sp³-hybridized carbons (Fsp3) is 0.970. The predicted octanol–water partition coefficient (Wildman–Crippen LogP) is 8.78. The van der Waals surface area contributed by atoms with Crippen LogP contribution in [0.2, 0.25) is 70.0 Å². The number of fused-ring (bicyclic) bond motifs is 4. The maximum absolute atomic E-state index is 13.6. The quantitative estimate of drug-likeness (QED) is 0.170. The Morgan fingerprint density at radius 3 is 1.67 bits per heavy atom. The number of alkyl halides is 3. The van der Waals surface area contributed by atoms with Gasteiger partial charge in [0.1, 0.15) is 5.60 Å². The molecule has 4 saturated carbocycles. The van der Waals surface area contributed by atoms with Crippen LogP contribution in [-0.2, 0) is 21.2 Å². The second-order valence-corrected chi connectivity index (χ2v) is 38.0. The van der Waals surface area contributed by atoms with Crippen molar-refractivity contribution in [3.8, 4) is 0 Å². The van der Waals surface area contributed by atoms with Gasteiger partial charge in [-0.2, -0.15) is 13.2 Å². The average Bonchev–Trinajstić information content (AvgIpc) is 3.63. The van der Waals surface area contributed by atoms with Crippen molar-refractivity contribution in [3.05, 3.63) is 0 Å². The zero-order valence-corrected chi connectivity index (χ0v) is 37.5. The first-order chi connectivity index (χ1) is 22.0. The first kappa shape index (κ1) is 41.7. The summed E-state index contributed by atoms with van der Waals surface area (Å²) < 4.78 is 75.1. The highest BCUT2D eigenvalue weighted by Gasteiger charge is 2.64. The number of halogens is 3. The van der Waals surface area contributed by atoms with E-state index in [0.717, 1.165) is 39.0 Å². The van der Waals surface area contributed by atoms with Crippen LogP contribution in [-0.4, -0.2) is 78.2 Å². The SMILES string of the molecule is C[SiH](O[Si](C)(C)C)O[Si](C)(O[Si](C)(O[Si](C)(C)C)C1CC2CC1CC2CNC(=O)OC(C)(C)C)C1CC2CC1CC2CC(C)(O)C(F)(F)F. The predicted molar refractivity (Wildman–Crippen MR) is 199 cm³/mol. The first-order valence-corrected chi connectivity index (χ1v) is 32.2. The second-order valence-electron chi connectivity index (χ2n) is 19.3. The third-order valence-corrected chi connectivity index (χ3v) is 30.1. The smallest absolute Gasteiger partial charge is 0.416 e. The van der Waals surface area contributed by atoms with Crippen LogP contribution < -0.4 is 5.32 Å². The maximum atomic E-state index is 13.6. The molecule has 16 heteroatoms. The number of alkyl carbamates (subject to hydrolysis) is 1. The van der Waals surface area contributed by atoms with E-state index in [1.54, 1.807) is 0 Å². The number of hydrogen-bond donors (Lipinski definition) is 2. The molecule has 0 aromatic rings. The van der Waals surface area contributed by atoms with Gasteiger partial charge in [-0.15, -0.1) is 0 Å². The van der Waals surface area contributed by atoms with Gasteiger partial charge in [-0.1, -0.05) is 0 Å². The van der Waals surface area contributed by atoms with Gasteiger partial charge >= 0.3 is 29.4 Å². The molecular formula is C33H66F3NO7Si5. The average molecular weight is 786 g/mol. The van der Waals surface area contributed by atoms with Crippen LogP contribution in [0.15, 0.2) is 0 Å². The molecule has 0 spiro atoms. The summed E-state index contributed by atoms with van der Waals surface area (Å²) in [6.07, 6.45) is 0.143. The van der Waals surface area contributed by atoms with Gasteiger partial charge in [-0.3, -0.25) is 0 Å². The van der Waals surface area contributed by atoms with E-state index >= 15 is 0 Å². The molecule has 4 rings (SSSR count). The van der Waals surface area contributed by atoms with Crippen LogP contribution >= 0.6 is 0 Å². The van der Waals surface area contributed by atoms with E-state index in [9.17, 15) is 23.1 Å². The summed E-state index contributed by atoms with van der Waals surface area (Å²) in [5.41, 5.74) is -2.77. The van der Waals surface area contributed by atoms with Crippen LogP contribution in [0.1, 0.15) is 72.6 Å². The first-order valence-electron chi connectivity index (χ1n) is 18.5. The molecule has 0 aromatic heterocycles. The summed E-state index contributed by atoms with van der Waals surface area (Å²) in [5, 5.41) is 13.4. The lowest BCUT2D eigenvalue weighted by Crippen LogP contribution is -2.62. The van der Waals surface area contributed by atoms with E-state index in [1.165, 1.54) is 0 Å². The monoisotopic (exact) mass is 785 g/mol. The van der Waals surface area contributed by atoms with Crippen molar-refractivity contribution in [2.24, 2.45) is 35.5 Å². The highest BCUT2D eigenvalue weighted by atomic mass is 28.5. The number of nitrogens with one attached hydrogen (secondary N) is 1. The fourth-order valence-corrected chi connectivity index (χ4v) is 32.7. The lowest BCUT2D eigenvalue weighted by Gasteiger charge is -2.50. The highest BCUT2D eigenvalue weighted by molar-refractivity contribution is 6.89. The summed E-state index contributed by atoms with van der Waals surface area (Å²) in [7, 11) is -11.9. The summed E-state index contributed by atoms with van der Waals surface area (Å²) >= 11 is 0. The minimum absolute atomic E-state index is 0.115. The number of aliphatic hydroxyl groups is 1. The summed E-state index contributed by atoms with van der Waals surface area (Å²) in [5.74, 6) is 1.48. The largest absolute Gasteiger partial charge is 0.444 e. The van der Waals surface area contributed by atoms with E-state index in [1.807, 2.05) is 20.8 Å². The molecule has 0 heterocycles. The minimum Gasteiger partial charge on any atom is -0.444 e. The van der Waals surface area contributed by atoms with E-state index in [2.05, 4.69) is 64.2 Å². The zero-order valence-electron chi connectivity index (χ0n) is 32.4. The standard InChI is InChI=1S/C33H66F3NO7Si5/c1-31(2,3)40-30(38)37-21-27-17-25-15-23(27)19-29(25)49(13,43-47(9,10)11)44-48(12,42-45(5)41-46(6,7)8)28-18-22-14-24(28)16-26(22)20-32(4,39)33(34,35)36/h22-29,39,45H,14-21H2,1-13H3,(H,37,38). The molecule has 4 bridgehead atoms. The Morgan fingerprint density at radius 1 is 0.735 bits per heavy atom. The number of ether oxygens (including phenoxy) is 1. The van der Waals surface area contributed by atoms with Crippen LogP contribution in [0.5, 0.6) is 0 Å². The molecule has 0 saturated heterocycles. The number of amides is 1. The molecule has 49 heavy (non-hydrogen) atoms. The van der Waals surface area contributed by atoms with E-state index in [0.29, 0.717) is 36.3 Å². The van der Waals surface area contributed by atoms with Gasteiger partial charge in [0.25, 0.3) is 9.28 Å². The minimum atomic E-state index is -4.65. The Kier molecular flexibility index (Phi) is 12.2. The Hall–Kier alpha value is -0.0556. The van der Waals surface area contributed by atoms with E-state index in [-0.39, 0.29) is 35.8 Å². The number of carbonyl (C=O) groups is 1. The van der Waals surface area contributed by atoms with Crippen LogP contribution in [0.25, 0.3) is 0 Å². The third kappa shape index (κ3) is 10.5. The highest BCUT2D eigenvalue weighted by Crippen LogP contribution is 2.63. The normalized spacial score (nSPS) is 34.7. The van der Waals surface area contributed by atoms with E-state index in [4.69, 9.17) is 21.2 Å². The second kappa shape index (κ2) is 14.3. The van der Waals surface area contributed by atoms with Crippen molar-refractivity contribution < 1.29 is 44.3 Å². The maximum Gasteiger partial charge on any atom is 0.416 e. The fourth-order valence-electron chi connectivity index (χ4n) is 9.95. The number of rotatable bonds is 14. The molecule has 0 aliphatic heterocycles. The van der Waals surface area contributed by atoms with E-state index < -0.39 is 60.4 Å². The van der Waals surface area contributed by atoms with Crippen LogP contribution in [0, 0.1) is 35.5 Å². The summed E-state index contributed by atoms with van der Waals surface area (Å²) in [6, 6.07) is 0. The Balaban J connectivity index is 1.55. The molecule has 1 amide bonds. The molecule has 286 valence electrons. The molecule has 4 fully saturated rings. The molecule has 12 unspecified atom stereocenters. The Morgan fingerprint density at radius 2 is 1.24 bits per heavy atom. The van der Waals surface area contributed by atoms with Gasteiger partial charge in [0, 0.05) is 17.6 Å². The number of hydrogen-bond acceptors (Lipinski definition) is 7. The molecule has 12 atom stereocenters. The summed E-state index contributed by atoms with van der Waals surface area (Å²) in [4.78, 5) is 12.4. The van der Waals surface area contributed by atoms with Crippen molar-refractivity contribution >= 4 is 49.1 Å². The van der Waals surface area contributed by atoms with Gasteiger partial charge in [0.05, 0.1) is 0 Å². The molecule has 4 aliphatic rings. The van der Waals surface area contributed by atoms with Crippen molar-refractivity contribution in [2.75, 3.05) is 6.54 Å². The van der Waals surface area contributed by atoms with Gasteiger partial charge in [-0.25, -0.2) is 4.79 Å². The van der Waals surface area contributed by atoms with Crippen molar-refractivity contribution in [2.45, 2.75) is 160 Å². The lowest BCUT2D eigenvalue weighted by molar-refractivity contribution is -0.259. The third-order valence-electron chi connectivity index (χ3n) is 11.4. The molecule has 2 N–H and O–H groups in total. The van der Waals surface area contributed by atoms with Gasteiger partial charge in [0.2, 0.25) is 0 Å². The zero-order chi connectivity index (χ0) is 37.2. The van der Waals surface area contributed by atoms with Crippen molar-refractivity contribution in [1.29, 1.82) is 0 Å². The van der Waals surface area contributed by atoms with Crippen molar-refractivity contribution in [1.82, 2.24) is 5.32 Å². The molecule has 4 aliphatic carbocycles. The summed E-state index contributed by atoms with van der Waals surface area (Å²) in [6.45, 7) is 26.9. The number of carbonyl (C=O) groups excluding carboxylic acids is 1. The van der Waals surface area contributed by atoms with Gasteiger partial charge < -0.3 is 31.6 Å². The molecule has 8 nitrogen and oxygen atoms in total. The van der Waals surface area contributed by atoms with Crippen LogP contribution in [0.3, 0.4) is 0 Å². The molecule has 0 aromatic carbocycles. The Bertz CT molecular complexity index is 1180. The van der Waals surface area contributed by atoms with Crippen molar-refractivity contribution in [3.63, 3.8) is 0 Å². The topological polar surface area (TPSA) is 95.5 Å².